The van der Waals surface area contributed by atoms with E-state index in [1.54, 1.807) is 6.92 Å². The Morgan fingerprint density at radius 2 is 2.18 bits per heavy atom. The average molecular weight is 380 g/mol. The topological polar surface area (TPSA) is 66.8 Å². The Balaban J connectivity index is 2.13. The Morgan fingerprint density at radius 1 is 1.50 bits per heavy atom. The van der Waals surface area contributed by atoms with Crippen LogP contribution in [0.15, 0.2) is 16.9 Å². The van der Waals surface area contributed by atoms with Gasteiger partial charge in [0.25, 0.3) is 5.91 Å². The molecule has 6 nitrogen and oxygen atoms in total. The van der Waals surface area contributed by atoms with Gasteiger partial charge in [0.2, 0.25) is 0 Å². The number of aromatic amines is 1. The van der Waals surface area contributed by atoms with Crippen LogP contribution in [0, 0.1) is 6.92 Å². The van der Waals surface area contributed by atoms with Crippen LogP contribution in [0.25, 0.3) is 0 Å². The third kappa shape index (κ3) is 3.67. The smallest absolute Gasteiger partial charge is 0.333 e. The first-order valence-corrected chi connectivity index (χ1v) is 7.01. The second-order valence-electron chi connectivity index (χ2n) is 4.76. The largest absolute Gasteiger partial charge is 0.406 e. The molecule has 0 spiro atoms. The summed E-state index contributed by atoms with van der Waals surface area (Å²) in [5, 5.41) is 6.54. The van der Waals surface area contributed by atoms with Crippen molar-refractivity contribution in [3.8, 4) is 0 Å². The summed E-state index contributed by atoms with van der Waals surface area (Å²) >= 11 is 3.24. The van der Waals surface area contributed by atoms with Crippen molar-refractivity contribution in [3.63, 3.8) is 0 Å². The maximum absolute atomic E-state index is 12.5. The number of nitrogens with zero attached hydrogens (tertiary/aromatic N) is 4. The maximum atomic E-state index is 12.5. The molecule has 0 aliphatic carbocycles. The molecule has 0 saturated heterocycles. The van der Waals surface area contributed by atoms with Crippen molar-refractivity contribution in [3.05, 3.63) is 34.1 Å². The highest BCUT2D eigenvalue weighted by Gasteiger charge is 2.29. The molecule has 0 atom stereocenters. The summed E-state index contributed by atoms with van der Waals surface area (Å²) in [5.41, 5.74) is 0.865. The second kappa shape index (κ2) is 6.11. The number of amides is 1. The molecule has 0 unspecified atom stereocenters. The minimum absolute atomic E-state index is 0.0553. The Labute approximate surface area is 132 Å². The number of aryl methyl sites for hydroxylation is 1. The second-order valence-corrected chi connectivity index (χ2v) is 5.55. The van der Waals surface area contributed by atoms with Crippen molar-refractivity contribution in [2.75, 3.05) is 7.05 Å². The van der Waals surface area contributed by atoms with Gasteiger partial charge >= 0.3 is 6.18 Å². The van der Waals surface area contributed by atoms with E-state index in [2.05, 4.69) is 31.1 Å². The molecule has 120 valence electrons. The third-order valence-corrected chi connectivity index (χ3v) is 3.92. The van der Waals surface area contributed by atoms with Gasteiger partial charge in [-0.1, -0.05) is 0 Å². The van der Waals surface area contributed by atoms with Gasteiger partial charge in [-0.3, -0.25) is 9.89 Å². The minimum Gasteiger partial charge on any atom is -0.333 e. The highest BCUT2D eigenvalue weighted by Crippen LogP contribution is 2.21. The summed E-state index contributed by atoms with van der Waals surface area (Å²) in [6.45, 7) is 0.541. The quantitative estimate of drug-likeness (QED) is 0.887. The van der Waals surface area contributed by atoms with Gasteiger partial charge in [-0.15, -0.1) is 0 Å². The van der Waals surface area contributed by atoms with Crippen molar-refractivity contribution in [1.29, 1.82) is 0 Å². The number of nitrogens with one attached hydrogen (secondary N) is 1. The van der Waals surface area contributed by atoms with E-state index in [-0.39, 0.29) is 18.1 Å². The molecule has 22 heavy (non-hydrogen) atoms. The molecule has 2 aromatic heterocycles. The van der Waals surface area contributed by atoms with Crippen LogP contribution in [0.1, 0.15) is 22.0 Å². The molecule has 2 rings (SSSR count). The van der Waals surface area contributed by atoms with E-state index in [1.165, 1.54) is 24.3 Å². The first kappa shape index (κ1) is 16.5. The Bertz CT molecular complexity index is 679. The van der Waals surface area contributed by atoms with Crippen LogP contribution in [0.4, 0.5) is 13.2 Å². The molecule has 2 heterocycles. The molecule has 0 radical (unpaired) electrons. The lowest BCUT2D eigenvalue weighted by molar-refractivity contribution is -0.141. The number of hydrogen-bond acceptors (Lipinski definition) is 3. The molecule has 0 aliphatic heterocycles. The number of halogens is 4. The van der Waals surface area contributed by atoms with Crippen molar-refractivity contribution < 1.29 is 18.0 Å². The summed E-state index contributed by atoms with van der Waals surface area (Å²) < 4.78 is 38.9. The lowest BCUT2D eigenvalue weighted by Crippen LogP contribution is -2.29. The van der Waals surface area contributed by atoms with Gasteiger partial charge in [0.05, 0.1) is 11.0 Å². The van der Waals surface area contributed by atoms with E-state index in [1.807, 2.05) is 0 Å². The fraction of sp³-hybridized carbons (Fsp3) is 0.417. The van der Waals surface area contributed by atoms with Gasteiger partial charge in [0, 0.05) is 25.1 Å². The summed E-state index contributed by atoms with van der Waals surface area (Å²) in [6, 6.07) is 0. The average Bonchev–Trinajstić information content (AvgIpc) is 2.96. The SMILES string of the molecule is Cc1[nH]nc(C(=O)N(C)Cc2nccn2CC(F)(F)F)c1Br. The highest BCUT2D eigenvalue weighted by atomic mass is 79.9. The maximum Gasteiger partial charge on any atom is 0.406 e. The zero-order chi connectivity index (χ0) is 16.5. The van der Waals surface area contributed by atoms with E-state index in [4.69, 9.17) is 0 Å². The Hall–Kier alpha value is -1.84. The highest BCUT2D eigenvalue weighted by molar-refractivity contribution is 9.10. The van der Waals surface area contributed by atoms with Crippen molar-refractivity contribution >= 4 is 21.8 Å². The normalized spacial score (nSPS) is 11.7. The molecule has 0 aromatic carbocycles. The van der Waals surface area contributed by atoms with Crippen LogP contribution >= 0.6 is 15.9 Å². The number of hydrogen-bond donors (Lipinski definition) is 1. The minimum atomic E-state index is -4.35. The van der Waals surface area contributed by atoms with Crippen molar-refractivity contribution in [2.24, 2.45) is 0 Å². The van der Waals surface area contributed by atoms with Crippen LogP contribution in [0.3, 0.4) is 0 Å². The number of imidazole rings is 1. The first-order valence-electron chi connectivity index (χ1n) is 6.21. The number of aromatic nitrogens is 4. The molecule has 0 fully saturated rings. The predicted molar refractivity (Wildman–Crippen MR) is 75.1 cm³/mol. The van der Waals surface area contributed by atoms with Gasteiger partial charge < -0.3 is 9.47 Å². The van der Waals surface area contributed by atoms with Crippen LogP contribution in [-0.2, 0) is 13.1 Å². The Morgan fingerprint density at radius 3 is 2.73 bits per heavy atom. The molecule has 1 N–H and O–H groups in total. The van der Waals surface area contributed by atoms with Crippen molar-refractivity contribution in [1.82, 2.24) is 24.6 Å². The zero-order valence-corrected chi connectivity index (χ0v) is 13.4. The standard InChI is InChI=1S/C12H13BrF3N5O/c1-7-9(13)10(19-18-7)11(22)20(2)5-8-17-3-4-21(8)6-12(14,15)16/h3-4H,5-6H2,1-2H3,(H,18,19). The number of rotatable bonds is 4. The third-order valence-electron chi connectivity index (χ3n) is 2.95. The number of alkyl halides is 3. The molecular formula is C12H13BrF3N5O. The fourth-order valence-corrected chi connectivity index (χ4v) is 2.20. The van der Waals surface area contributed by atoms with E-state index in [0.29, 0.717) is 10.2 Å². The lowest BCUT2D eigenvalue weighted by atomic mass is 10.3. The van der Waals surface area contributed by atoms with Crippen LogP contribution in [0.5, 0.6) is 0 Å². The molecular weight excluding hydrogens is 367 g/mol. The number of carbonyl (C=O) groups is 1. The Kier molecular flexibility index (Phi) is 4.59. The van der Waals surface area contributed by atoms with Gasteiger partial charge in [-0.2, -0.15) is 18.3 Å². The molecule has 0 aliphatic rings. The van der Waals surface area contributed by atoms with E-state index in [9.17, 15) is 18.0 Å². The molecule has 0 bridgehead atoms. The lowest BCUT2D eigenvalue weighted by Gasteiger charge is -2.17. The van der Waals surface area contributed by atoms with Gasteiger partial charge in [0.1, 0.15) is 12.4 Å². The zero-order valence-electron chi connectivity index (χ0n) is 11.8. The molecule has 1 amide bonds. The molecule has 0 saturated carbocycles. The monoisotopic (exact) mass is 379 g/mol. The number of H-pyrrole nitrogens is 1. The van der Waals surface area contributed by atoms with Gasteiger partial charge in [-0.05, 0) is 22.9 Å². The van der Waals surface area contributed by atoms with E-state index in [0.717, 1.165) is 4.57 Å². The first-order chi connectivity index (χ1) is 10.2. The van der Waals surface area contributed by atoms with Crippen LogP contribution < -0.4 is 0 Å². The summed E-state index contributed by atoms with van der Waals surface area (Å²) in [5.74, 6) is -0.269. The summed E-state index contributed by atoms with van der Waals surface area (Å²) in [4.78, 5) is 17.4. The van der Waals surface area contributed by atoms with Crippen LogP contribution in [0.2, 0.25) is 0 Å². The van der Waals surface area contributed by atoms with Crippen molar-refractivity contribution in [2.45, 2.75) is 26.2 Å². The number of carbonyl (C=O) groups excluding carboxylic acids is 1. The fourth-order valence-electron chi connectivity index (χ4n) is 1.85. The predicted octanol–water partition coefficient (Wildman–Crippen LogP) is 2.51. The van der Waals surface area contributed by atoms with Crippen LogP contribution in [-0.4, -0.2) is 43.8 Å². The molecule has 2 aromatic rings. The van der Waals surface area contributed by atoms with Gasteiger partial charge in [-0.25, -0.2) is 4.98 Å². The van der Waals surface area contributed by atoms with Gasteiger partial charge in [0.15, 0.2) is 5.69 Å². The summed E-state index contributed by atoms with van der Waals surface area (Å²) in [6.07, 6.45) is -1.84. The molecule has 10 heteroatoms. The van der Waals surface area contributed by atoms with E-state index >= 15 is 0 Å². The van der Waals surface area contributed by atoms with E-state index < -0.39 is 18.6 Å². The summed E-state index contributed by atoms with van der Waals surface area (Å²) in [7, 11) is 1.48.